The lowest BCUT2D eigenvalue weighted by Crippen LogP contribution is -2.21. The number of halogens is 1. The fourth-order valence-corrected chi connectivity index (χ4v) is 2.55. The number of ether oxygens (including phenoxy) is 2. The first-order chi connectivity index (χ1) is 11.5. The van der Waals surface area contributed by atoms with Crippen LogP contribution in [0.25, 0.3) is 0 Å². The van der Waals surface area contributed by atoms with Gasteiger partial charge in [0.05, 0.1) is 6.61 Å². The zero-order valence-electron chi connectivity index (χ0n) is 13.5. The monoisotopic (exact) mass is 391 g/mol. The molecule has 0 fully saturated rings. The highest BCUT2D eigenvalue weighted by atomic mass is 79.9. The smallest absolute Gasteiger partial charge is 0.342 e. The summed E-state index contributed by atoms with van der Waals surface area (Å²) in [4.78, 5) is 24.1. The highest BCUT2D eigenvalue weighted by molar-refractivity contribution is 9.10. The minimum Gasteiger partial charge on any atom is -0.493 e. The van der Waals surface area contributed by atoms with Crippen molar-refractivity contribution in [2.75, 3.05) is 18.5 Å². The number of esters is 1. The predicted molar refractivity (Wildman–Crippen MR) is 95.4 cm³/mol. The Kier molecular flexibility index (Phi) is 6.37. The molecule has 0 heterocycles. The first-order valence-corrected chi connectivity index (χ1v) is 8.25. The van der Waals surface area contributed by atoms with Gasteiger partial charge in [0.25, 0.3) is 5.91 Å². The van der Waals surface area contributed by atoms with E-state index in [1.54, 1.807) is 30.3 Å². The lowest BCUT2D eigenvalue weighted by molar-refractivity contribution is -0.119. The van der Waals surface area contributed by atoms with Crippen LogP contribution in [0.4, 0.5) is 5.69 Å². The number of nitrogens with one attached hydrogen (secondary N) is 1. The fourth-order valence-electron chi connectivity index (χ4n) is 2.08. The van der Waals surface area contributed by atoms with E-state index in [0.29, 0.717) is 23.6 Å². The van der Waals surface area contributed by atoms with Crippen molar-refractivity contribution in [3.63, 3.8) is 0 Å². The van der Waals surface area contributed by atoms with Gasteiger partial charge in [-0.3, -0.25) is 4.79 Å². The minimum absolute atomic E-state index is 0.298. The molecule has 0 radical (unpaired) electrons. The maximum absolute atomic E-state index is 12.1. The van der Waals surface area contributed by atoms with Gasteiger partial charge in [0.15, 0.2) is 6.61 Å². The summed E-state index contributed by atoms with van der Waals surface area (Å²) in [7, 11) is 0. The average molecular weight is 392 g/mol. The topological polar surface area (TPSA) is 64.6 Å². The van der Waals surface area contributed by atoms with Crippen molar-refractivity contribution in [3.8, 4) is 5.75 Å². The van der Waals surface area contributed by atoms with Gasteiger partial charge in [-0.15, -0.1) is 0 Å². The van der Waals surface area contributed by atoms with Crippen molar-refractivity contribution in [1.29, 1.82) is 0 Å². The van der Waals surface area contributed by atoms with Crippen LogP contribution in [0.3, 0.4) is 0 Å². The van der Waals surface area contributed by atoms with Gasteiger partial charge in [0.1, 0.15) is 11.3 Å². The summed E-state index contributed by atoms with van der Waals surface area (Å²) < 4.78 is 11.4. The van der Waals surface area contributed by atoms with E-state index in [4.69, 9.17) is 9.47 Å². The molecule has 126 valence electrons. The van der Waals surface area contributed by atoms with E-state index in [0.717, 1.165) is 10.0 Å². The largest absolute Gasteiger partial charge is 0.493 e. The second-order valence-corrected chi connectivity index (χ2v) is 5.93. The summed E-state index contributed by atoms with van der Waals surface area (Å²) in [6.07, 6.45) is 0. The highest BCUT2D eigenvalue weighted by Crippen LogP contribution is 2.21. The van der Waals surface area contributed by atoms with Gasteiger partial charge in [0.2, 0.25) is 0 Å². The van der Waals surface area contributed by atoms with Crippen molar-refractivity contribution < 1.29 is 19.1 Å². The molecule has 6 heteroatoms. The van der Waals surface area contributed by atoms with Crippen LogP contribution in [-0.4, -0.2) is 25.1 Å². The molecule has 0 unspecified atom stereocenters. The standard InChI is InChI=1S/C18H18BrNO4/c1-3-23-16-7-5-4-6-14(16)18(22)24-11-17(21)20-15-9-8-13(19)10-12(15)2/h4-10H,3,11H2,1-2H3,(H,20,21). The van der Waals surface area contributed by atoms with Gasteiger partial charge in [-0.05, 0) is 49.7 Å². The summed E-state index contributed by atoms with van der Waals surface area (Å²) in [5.41, 5.74) is 1.88. The Hall–Kier alpha value is -2.34. The molecule has 5 nitrogen and oxygen atoms in total. The quantitative estimate of drug-likeness (QED) is 0.757. The van der Waals surface area contributed by atoms with Gasteiger partial charge in [-0.25, -0.2) is 4.79 Å². The van der Waals surface area contributed by atoms with Gasteiger partial charge < -0.3 is 14.8 Å². The van der Waals surface area contributed by atoms with E-state index in [-0.39, 0.29) is 6.61 Å². The van der Waals surface area contributed by atoms with Gasteiger partial charge >= 0.3 is 5.97 Å². The molecule has 2 aromatic rings. The third kappa shape index (κ3) is 4.83. The van der Waals surface area contributed by atoms with Gasteiger partial charge in [-0.2, -0.15) is 0 Å². The van der Waals surface area contributed by atoms with E-state index < -0.39 is 11.9 Å². The Bertz CT molecular complexity index is 746. The zero-order chi connectivity index (χ0) is 17.5. The lowest BCUT2D eigenvalue weighted by atomic mass is 10.2. The molecule has 0 spiro atoms. The van der Waals surface area contributed by atoms with Crippen molar-refractivity contribution in [2.24, 2.45) is 0 Å². The molecule has 1 amide bonds. The number of aryl methyl sites for hydroxylation is 1. The molecular weight excluding hydrogens is 374 g/mol. The van der Waals surface area contributed by atoms with Crippen LogP contribution in [-0.2, 0) is 9.53 Å². The number of anilines is 1. The molecule has 2 aromatic carbocycles. The highest BCUT2D eigenvalue weighted by Gasteiger charge is 2.15. The Balaban J connectivity index is 1.95. The number of hydrogen-bond donors (Lipinski definition) is 1. The number of amides is 1. The van der Waals surface area contributed by atoms with Crippen LogP contribution in [0.2, 0.25) is 0 Å². The molecule has 2 rings (SSSR count). The maximum atomic E-state index is 12.1. The number of carbonyl (C=O) groups excluding carboxylic acids is 2. The lowest BCUT2D eigenvalue weighted by Gasteiger charge is -2.11. The Labute approximate surface area is 149 Å². The number of benzene rings is 2. The summed E-state index contributed by atoms with van der Waals surface area (Å²) >= 11 is 3.36. The second-order valence-electron chi connectivity index (χ2n) is 5.01. The third-order valence-electron chi connectivity index (χ3n) is 3.20. The number of para-hydroxylation sites is 1. The van der Waals surface area contributed by atoms with Crippen molar-refractivity contribution >= 4 is 33.5 Å². The molecule has 0 aliphatic carbocycles. The summed E-state index contributed by atoms with van der Waals surface area (Å²) in [6.45, 7) is 3.78. The number of carbonyl (C=O) groups is 2. The van der Waals surface area contributed by atoms with Crippen LogP contribution < -0.4 is 10.1 Å². The van der Waals surface area contributed by atoms with E-state index in [1.807, 2.05) is 26.0 Å². The van der Waals surface area contributed by atoms with Crippen molar-refractivity contribution in [2.45, 2.75) is 13.8 Å². The van der Waals surface area contributed by atoms with E-state index in [1.165, 1.54) is 0 Å². The Morgan fingerprint density at radius 2 is 1.92 bits per heavy atom. The molecule has 1 N–H and O–H groups in total. The molecule has 24 heavy (non-hydrogen) atoms. The van der Waals surface area contributed by atoms with Crippen LogP contribution >= 0.6 is 15.9 Å². The molecule has 0 aromatic heterocycles. The average Bonchev–Trinajstić information content (AvgIpc) is 2.56. The van der Waals surface area contributed by atoms with E-state index in [9.17, 15) is 9.59 Å². The normalized spacial score (nSPS) is 10.1. The molecule has 0 aliphatic heterocycles. The molecule has 0 saturated carbocycles. The SMILES string of the molecule is CCOc1ccccc1C(=O)OCC(=O)Nc1ccc(Br)cc1C. The molecule has 0 aliphatic rings. The summed E-state index contributed by atoms with van der Waals surface area (Å²) in [5, 5.41) is 2.72. The molecule has 0 atom stereocenters. The maximum Gasteiger partial charge on any atom is 0.342 e. The Morgan fingerprint density at radius 3 is 2.62 bits per heavy atom. The summed E-state index contributed by atoms with van der Waals surface area (Å²) in [5.74, 6) is -0.557. The van der Waals surface area contributed by atoms with Gasteiger partial charge in [-0.1, -0.05) is 28.1 Å². The van der Waals surface area contributed by atoms with Crippen LogP contribution in [0.15, 0.2) is 46.9 Å². The number of rotatable bonds is 6. The van der Waals surface area contributed by atoms with Crippen LogP contribution in [0.1, 0.15) is 22.8 Å². The first-order valence-electron chi connectivity index (χ1n) is 7.46. The van der Waals surface area contributed by atoms with E-state index in [2.05, 4.69) is 21.2 Å². The fraction of sp³-hybridized carbons (Fsp3) is 0.222. The zero-order valence-corrected chi connectivity index (χ0v) is 15.1. The van der Waals surface area contributed by atoms with Crippen LogP contribution in [0.5, 0.6) is 5.75 Å². The van der Waals surface area contributed by atoms with E-state index >= 15 is 0 Å². The second kappa shape index (κ2) is 8.49. The van der Waals surface area contributed by atoms with Crippen LogP contribution in [0, 0.1) is 6.92 Å². The van der Waals surface area contributed by atoms with Gasteiger partial charge in [0, 0.05) is 10.2 Å². The van der Waals surface area contributed by atoms with Crippen molar-refractivity contribution in [1.82, 2.24) is 0 Å². The first kappa shape index (κ1) is 18.0. The third-order valence-corrected chi connectivity index (χ3v) is 3.70. The molecule has 0 saturated heterocycles. The molecular formula is C18H18BrNO4. The molecule has 0 bridgehead atoms. The minimum atomic E-state index is -0.596. The Morgan fingerprint density at radius 1 is 1.17 bits per heavy atom. The summed E-state index contributed by atoms with van der Waals surface area (Å²) in [6, 6.07) is 12.3. The number of hydrogen-bond acceptors (Lipinski definition) is 4. The predicted octanol–water partition coefficient (Wildman–Crippen LogP) is 3.95. The van der Waals surface area contributed by atoms with Crippen molar-refractivity contribution in [3.05, 3.63) is 58.1 Å².